The lowest BCUT2D eigenvalue weighted by Crippen LogP contribution is -2.41. The average molecular weight is 437 g/mol. The summed E-state index contributed by atoms with van der Waals surface area (Å²) in [5.74, 6) is 1.00. The maximum absolute atomic E-state index is 13.3. The summed E-state index contributed by atoms with van der Waals surface area (Å²) in [7, 11) is 1.60. The van der Waals surface area contributed by atoms with Crippen LogP contribution in [0.25, 0.3) is 11.0 Å². The molecule has 2 aliphatic rings. The Balaban J connectivity index is 1.40. The molecule has 2 aliphatic heterocycles. The van der Waals surface area contributed by atoms with Crippen LogP contribution in [0.3, 0.4) is 0 Å². The van der Waals surface area contributed by atoms with Gasteiger partial charge in [-0.3, -0.25) is 18.8 Å². The topological polar surface area (TPSA) is 59.3 Å². The molecule has 1 N–H and O–H groups in total. The van der Waals surface area contributed by atoms with Gasteiger partial charge in [0.2, 0.25) is 5.91 Å². The Kier molecular flexibility index (Phi) is 5.63. The molecule has 1 unspecified atom stereocenters. The number of thioether (sulfide) groups is 1. The Morgan fingerprint density at radius 2 is 1.74 bits per heavy atom. The van der Waals surface area contributed by atoms with Crippen molar-refractivity contribution in [1.29, 1.82) is 0 Å². The predicted octanol–water partition coefficient (Wildman–Crippen LogP) is 3.42. The van der Waals surface area contributed by atoms with Crippen LogP contribution >= 0.6 is 11.8 Å². The van der Waals surface area contributed by atoms with Gasteiger partial charge >= 0.3 is 5.69 Å². The first-order valence-electron chi connectivity index (χ1n) is 11.0. The van der Waals surface area contributed by atoms with Gasteiger partial charge in [0.05, 0.1) is 11.0 Å². The number of likely N-dealkylation sites (tertiary alicyclic amines) is 1. The van der Waals surface area contributed by atoms with Gasteiger partial charge in [0.25, 0.3) is 0 Å². The average Bonchev–Trinajstić information content (AvgIpc) is 3.10. The third-order valence-corrected chi connectivity index (χ3v) is 7.80. The number of rotatable bonds is 4. The molecule has 1 saturated heterocycles. The summed E-state index contributed by atoms with van der Waals surface area (Å²) in [4.78, 5) is 29.3. The van der Waals surface area contributed by atoms with Crippen LogP contribution in [0.4, 0.5) is 0 Å². The van der Waals surface area contributed by atoms with E-state index in [1.165, 1.54) is 16.9 Å². The fraction of sp³-hybridized carbons (Fsp3) is 0.417. The number of imidazole rings is 1. The van der Waals surface area contributed by atoms with Crippen molar-refractivity contribution >= 4 is 28.7 Å². The van der Waals surface area contributed by atoms with Crippen LogP contribution < -0.4 is 11.0 Å². The van der Waals surface area contributed by atoms with Gasteiger partial charge < -0.3 is 5.32 Å². The van der Waals surface area contributed by atoms with E-state index in [0.717, 1.165) is 42.7 Å². The summed E-state index contributed by atoms with van der Waals surface area (Å²) in [6.07, 6.45) is 3.07. The monoisotopic (exact) mass is 436 g/mol. The number of piperidine rings is 1. The summed E-state index contributed by atoms with van der Waals surface area (Å²) in [5, 5.41) is 2.63. The fourth-order valence-corrected chi connectivity index (χ4v) is 6.23. The van der Waals surface area contributed by atoms with E-state index in [4.69, 9.17) is 0 Å². The van der Waals surface area contributed by atoms with E-state index in [1.807, 2.05) is 40.6 Å². The molecule has 7 heteroatoms. The van der Waals surface area contributed by atoms with Crippen LogP contribution in [-0.2, 0) is 11.3 Å². The molecule has 2 aromatic carbocycles. The molecule has 3 heterocycles. The number of nitrogens with zero attached hydrogens (tertiary/aromatic N) is 3. The van der Waals surface area contributed by atoms with Crippen molar-refractivity contribution in [1.82, 2.24) is 19.4 Å². The molecular weight excluding hydrogens is 408 g/mol. The van der Waals surface area contributed by atoms with Gasteiger partial charge in [-0.15, -0.1) is 11.8 Å². The predicted molar refractivity (Wildman–Crippen MR) is 125 cm³/mol. The number of para-hydroxylation sites is 2. The zero-order valence-corrected chi connectivity index (χ0v) is 18.6. The first kappa shape index (κ1) is 20.4. The second kappa shape index (κ2) is 8.55. The van der Waals surface area contributed by atoms with E-state index in [9.17, 15) is 9.59 Å². The minimum atomic E-state index is -0.159. The van der Waals surface area contributed by atoms with E-state index < -0.39 is 0 Å². The van der Waals surface area contributed by atoms with Crippen molar-refractivity contribution in [3.05, 3.63) is 64.6 Å². The Hall–Kier alpha value is -2.51. The third-order valence-electron chi connectivity index (χ3n) is 6.68. The second-order valence-electron chi connectivity index (χ2n) is 8.36. The van der Waals surface area contributed by atoms with Crippen molar-refractivity contribution in [2.45, 2.75) is 42.8 Å². The Morgan fingerprint density at radius 1 is 1.03 bits per heavy atom. The van der Waals surface area contributed by atoms with Crippen LogP contribution in [-0.4, -0.2) is 45.8 Å². The maximum Gasteiger partial charge on any atom is 0.329 e. The lowest BCUT2D eigenvalue weighted by molar-refractivity contribution is -0.121. The van der Waals surface area contributed by atoms with Gasteiger partial charge in [-0.1, -0.05) is 30.3 Å². The number of carbonyl (C=O) groups excluding carboxylic acids is 1. The summed E-state index contributed by atoms with van der Waals surface area (Å²) < 4.78 is 3.54. The van der Waals surface area contributed by atoms with Crippen LogP contribution in [0.2, 0.25) is 0 Å². The molecule has 31 heavy (non-hydrogen) atoms. The number of amides is 1. The number of hydrogen-bond acceptors (Lipinski definition) is 4. The smallest absolute Gasteiger partial charge is 0.329 e. The molecule has 1 amide bonds. The van der Waals surface area contributed by atoms with Gasteiger partial charge in [0, 0.05) is 37.1 Å². The molecule has 162 valence electrons. The lowest BCUT2D eigenvalue weighted by Gasteiger charge is -2.40. The number of fused-ring (bicyclic) bond motifs is 2. The molecule has 0 aliphatic carbocycles. The highest BCUT2D eigenvalue weighted by Crippen LogP contribution is 2.41. The van der Waals surface area contributed by atoms with E-state index in [2.05, 4.69) is 34.5 Å². The van der Waals surface area contributed by atoms with Gasteiger partial charge in [-0.25, -0.2) is 4.79 Å². The molecular formula is C24H28N4O2S. The second-order valence-corrected chi connectivity index (χ2v) is 9.50. The molecule has 6 nitrogen and oxygen atoms in total. The molecule has 3 aromatic rings. The first-order chi connectivity index (χ1) is 15.2. The van der Waals surface area contributed by atoms with Crippen LogP contribution in [0.15, 0.2) is 58.2 Å². The zero-order valence-electron chi connectivity index (χ0n) is 17.8. The summed E-state index contributed by atoms with van der Waals surface area (Å²) in [6.45, 7) is 2.02. The fourth-order valence-electron chi connectivity index (χ4n) is 5.12. The van der Waals surface area contributed by atoms with Gasteiger partial charge in [-0.05, 0) is 48.8 Å². The zero-order chi connectivity index (χ0) is 21.4. The summed E-state index contributed by atoms with van der Waals surface area (Å²) >= 11 is 1.96. The standard InChI is InChI=1S/C24H28N4O2S/c1-25-23(29)16-27-20-7-3-4-8-21(20)28(24(27)30)17-10-13-26(14-11-17)19-12-15-31-22-9-5-2-6-18(19)22/h2-9,17,19H,10-16H2,1H3,(H,25,29). The molecule has 5 rings (SSSR count). The normalized spacial score (nSPS) is 20.0. The number of carbonyl (C=O) groups is 1. The maximum atomic E-state index is 13.3. The summed E-state index contributed by atoms with van der Waals surface area (Å²) in [5.41, 5.74) is 3.13. The molecule has 0 saturated carbocycles. The largest absolute Gasteiger partial charge is 0.358 e. The minimum absolute atomic E-state index is 0.0538. The van der Waals surface area contributed by atoms with Gasteiger partial charge in [-0.2, -0.15) is 0 Å². The molecule has 0 bridgehead atoms. The van der Waals surface area contributed by atoms with Crippen molar-refractivity contribution in [2.24, 2.45) is 0 Å². The number of hydrogen-bond donors (Lipinski definition) is 1. The molecule has 0 spiro atoms. The van der Waals surface area contributed by atoms with E-state index in [0.29, 0.717) is 6.04 Å². The number of benzene rings is 2. The summed E-state index contributed by atoms with van der Waals surface area (Å²) in [6, 6.07) is 17.2. The highest BCUT2D eigenvalue weighted by atomic mass is 32.2. The number of likely N-dealkylation sites (N-methyl/N-ethyl adjacent to an activating group) is 1. The first-order valence-corrected chi connectivity index (χ1v) is 12.0. The third kappa shape index (κ3) is 3.70. The highest BCUT2D eigenvalue weighted by molar-refractivity contribution is 7.99. The molecule has 1 fully saturated rings. The molecule has 0 radical (unpaired) electrons. The van der Waals surface area contributed by atoms with E-state index >= 15 is 0 Å². The minimum Gasteiger partial charge on any atom is -0.358 e. The Labute approximate surface area is 186 Å². The van der Waals surface area contributed by atoms with Crippen molar-refractivity contribution in [2.75, 3.05) is 25.9 Å². The Bertz CT molecular complexity index is 1160. The highest BCUT2D eigenvalue weighted by Gasteiger charge is 2.31. The van der Waals surface area contributed by atoms with Crippen LogP contribution in [0.1, 0.15) is 36.9 Å². The SMILES string of the molecule is CNC(=O)Cn1c(=O)n(C2CCN(C3CCSc4ccccc43)CC2)c2ccccc21. The van der Waals surface area contributed by atoms with Crippen molar-refractivity contribution in [3.8, 4) is 0 Å². The van der Waals surface area contributed by atoms with E-state index in [-0.39, 0.29) is 24.2 Å². The lowest BCUT2D eigenvalue weighted by atomic mass is 9.97. The van der Waals surface area contributed by atoms with Crippen LogP contribution in [0, 0.1) is 0 Å². The number of nitrogens with one attached hydrogen (secondary N) is 1. The quantitative estimate of drug-likeness (QED) is 0.681. The molecule has 1 atom stereocenters. The number of aromatic nitrogens is 2. The van der Waals surface area contributed by atoms with Crippen molar-refractivity contribution in [3.63, 3.8) is 0 Å². The van der Waals surface area contributed by atoms with Crippen molar-refractivity contribution < 1.29 is 4.79 Å². The van der Waals surface area contributed by atoms with E-state index in [1.54, 1.807) is 11.6 Å². The molecule has 1 aromatic heterocycles. The Morgan fingerprint density at radius 3 is 2.52 bits per heavy atom. The van der Waals surface area contributed by atoms with Gasteiger partial charge in [0.1, 0.15) is 6.54 Å². The van der Waals surface area contributed by atoms with Crippen LogP contribution in [0.5, 0.6) is 0 Å². The van der Waals surface area contributed by atoms with Gasteiger partial charge in [0.15, 0.2) is 0 Å².